The molecule has 1 aliphatic rings. The summed E-state index contributed by atoms with van der Waals surface area (Å²) in [5, 5.41) is 11.2. The molecule has 200 valence electrons. The minimum Gasteiger partial charge on any atom is -0.497 e. The largest absolute Gasteiger partial charge is 0.497 e. The molecule has 1 saturated heterocycles. The zero-order valence-electron chi connectivity index (χ0n) is 21.3. The van der Waals surface area contributed by atoms with Gasteiger partial charge in [0.1, 0.15) is 17.4 Å². The maximum absolute atomic E-state index is 13.4. The average Bonchev–Trinajstić information content (AvgIpc) is 2.90. The standard InChI is InChI=1S/C28H35F2N3O3S/c1-35-23-4-6-27-26(16-23)25(7-9-31-27)28(32-36-2)5-3-19-8-10-33(17-20(19)18-34)11-12-37-24-14-21(29)13-22(30)15-24/h4,6-7,9,13-16,19-20,28,32,34H,3,5,8,10-12,17-18H2,1-2H3/t19-,20-,28+/m1/s1. The summed E-state index contributed by atoms with van der Waals surface area (Å²) in [6.07, 6.45) is 4.62. The fourth-order valence-electron chi connectivity index (χ4n) is 5.23. The van der Waals surface area contributed by atoms with Crippen LogP contribution in [0.2, 0.25) is 0 Å². The van der Waals surface area contributed by atoms with Crippen molar-refractivity contribution in [1.82, 2.24) is 15.4 Å². The quantitative estimate of drug-likeness (QED) is 0.246. The Hall–Kier alpha value is -2.30. The molecule has 9 heteroatoms. The number of nitrogens with zero attached hydrogens (tertiary/aromatic N) is 2. The van der Waals surface area contributed by atoms with Gasteiger partial charge in [-0.2, -0.15) is 5.48 Å². The van der Waals surface area contributed by atoms with E-state index in [1.54, 1.807) is 14.2 Å². The van der Waals surface area contributed by atoms with Crippen LogP contribution in [0.15, 0.2) is 53.6 Å². The van der Waals surface area contributed by atoms with Gasteiger partial charge in [-0.3, -0.25) is 4.98 Å². The molecule has 0 saturated carbocycles. The van der Waals surface area contributed by atoms with Crippen molar-refractivity contribution in [3.8, 4) is 5.75 Å². The van der Waals surface area contributed by atoms with Crippen molar-refractivity contribution in [2.45, 2.75) is 30.2 Å². The highest BCUT2D eigenvalue weighted by atomic mass is 32.2. The molecule has 0 amide bonds. The number of aliphatic hydroxyl groups is 1. The molecule has 37 heavy (non-hydrogen) atoms. The number of aromatic nitrogens is 1. The summed E-state index contributed by atoms with van der Waals surface area (Å²) in [5.74, 6) is 1.00. The Morgan fingerprint density at radius 3 is 2.68 bits per heavy atom. The number of halogens is 2. The molecule has 0 unspecified atom stereocenters. The number of hydrogen-bond donors (Lipinski definition) is 2. The second kappa shape index (κ2) is 13.5. The van der Waals surface area contributed by atoms with E-state index in [1.807, 2.05) is 30.5 Å². The van der Waals surface area contributed by atoms with Crippen molar-refractivity contribution in [3.05, 3.63) is 65.9 Å². The smallest absolute Gasteiger partial charge is 0.127 e. The van der Waals surface area contributed by atoms with Crippen LogP contribution in [0.4, 0.5) is 8.78 Å². The normalized spacial score (nSPS) is 19.3. The molecule has 0 spiro atoms. The van der Waals surface area contributed by atoms with Crippen LogP contribution in [0.25, 0.3) is 10.9 Å². The van der Waals surface area contributed by atoms with Crippen LogP contribution in [0, 0.1) is 23.5 Å². The Labute approximate surface area is 221 Å². The van der Waals surface area contributed by atoms with Gasteiger partial charge in [0.15, 0.2) is 0 Å². The summed E-state index contributed by atoms with van der Waals surface area (Å²) in [7, 11) is 3.28. The lowest BCUT2D eigenvalue weighted by Gasteiger charge is -2.38. The Kier molecular flexibility index (Phi) is 10.1. The SMILES string of the molecule is CON[C@@H](CC[C@@H]1CCN(CCSc2cc(F)cc(F)c2)C[C@@H]1CO)c1ccnc2ccc(OC)cc12. The van der Waals surface area contributed by atoms with Crippen LogP contribution in [-0.2, 0) is 4.84 Å². The number of hydrogen-bond acceptors (Lipinski definition) is 7. The van der Waals surface area contributed by atoms with Crippen LogP contribution in [0.5, 0.6) is 5.75 Å². The van der Waals surface area contributed by atoms with Gasteiger partial charge in [0.2, 0.25) is 0 Å². The summed E-state index contributed by atoms with van der Waals surface area (Å²) >= 11 is 1.45. The number of rotatable bonds is 12. The molecule has 2 N–H and O–H groups in total. The van der Waals surface area contributed by atoms with Crippen molar-refractivity contribution in [1.29, 1.82) is 0 Å². The number of nitrogens with one attached hydrogen (secondary N) is 1. The van der Waals surface area contributed by atoms with Gasteiger partial charge in [-0.1, -0.05) is 0 Å². The van der Waals surface area contributed by atoms with E-state index in [2.05, 4.69) is 15.4 Å². The second-order valence-electron chi connectivity index (χ2n) is 9.48. The van der Waals surface area contributed by atoms with Gasteiger partial charge >= 0.3 is 0 Å². The molecule has 0 bridgehead atoms. The number of pyridine rings is 1. The molecule has 3 aromatic rings. The first-order valence-corrected chi connectivity index (χ1v) is 13.6. The van der Waals surface area contributed by atoms with E-state index in [4.69, 9.17) is 9.57 Å². The molecule has 2 heterocycles. The van der Waals surface area contributed by atoms with E-state index in [9.17, 15) is 13.9 Å². The molecular formula is C28H35F2N3O3S. The Bertz CT molecular complexity index is 1150. The van der Waals surface area contributed by atoms with E-state index in [0.29, 0.717) is 10.8 Å². The minimum absolute atomic E-state index is 0.0250. The molecule has 4 rings (SSSR count). The molecule has 3 atom stereocenters. The summed E-state index contributed by atoms with van der Waals surface area (Å²) in [4.78, 5) is 12.8. The third-order valence-electron chi connectivity index (χ3n) is 7.17. The number of piperidine rings is 1. The van der Waals surface area contributed by atoms with Crippen molar-refractivity contribution in [3.63, 3.8) is 0 Å². The number of aliphatic hydroxyl groups excluding tert-OH is 1. The first-order chi connectivity index (χ1) is 18.0. The molecule has 1 fully saturated rings. The van der Waals surface area contributed by atoms with Gasteiger partial charge in [-0.05, 0) is 79.6 Å². The molecule has 6 nitrogen and oxygen atoms in total. The maximum atomic E-state index is 13.4. The van der Waals surface area contributed by atoms with Crippen molar-refractivity contribution >= 4 is 22.7 Å². The molecule has 2 aromatic carbocycles. The Morgan fingerprint density at radius 1 is 1.14 bits per heavy atom. The van der Waals surface area contributed by atoms with Gasteiger partial charge in [0.05, 0.1) is 25.8 Å². The van der Waals surface area contributed by atoms with Crippen LogP contribution in [0.1, 0.15) is 30.9 Å². The van der Waals surface area contributed by atoms with Crippen LogP contribution in [0.3, 0.4) is 0 Å². The number of thioether (sulfide) groups is 1. The summed E-state index contributed by atoms with van der Waals surface area (Å²) in [5.41, 5.74) is 5.17. The lowest BCUT2D eigenvalue weighted by atomic mass is 9.81. The number of methoxy groups -OCH3 is 1. The van der Waals surface area contributed by atoms with E-state index in [0.717, 1.165) is 72.9 Å². The molecule has 0 aliphatic carbocycles. The fraction of sp³-hybridized carbons (Fsp3) is 0.464. The summed E-state index contributed by atoms with van der Waals surface area (Å²) in [6, 6.07) is 11.5. The number of likely N-dealkylation sites (tertiary alicyclic amines) is 1. The first-order valence-electron chi connectivity index (χ1n) is 12.6. The van der Waals surface area contributed by atoms with Crippen LogP contribution >= 0.6 is 11.8 Å². The average molecular weight is 532 g/mol. The first kappa shape index (κ1) is 27.7. The molecule has 1 aromatic heterocycles. The van der Waals surface area contributed by atoms with Crippen LogP contribution < -0.4 is 10.2 Å². The molecule has 1 aliphatic heterocycles. The van der Waals surface area contributed by atoms with E-state index in [1.165, 1.54) is 23.9 Å². The highest BCUT2D eigenvalue weighted by Crippen LogP contribution is 2.34. The van der Waals surface area contributed by atoms with Gasteiger partial charge < -0.3 is 19.6 Å². The zero-order chi connectivity index (χ0) is 26.2. The third kappa shape index (κ3) is 7.39. The van der Waals surface area contributed by atoms with Crippen molar-refractivity contribution < 1.29 is 23.5 Å². The Morgan fingerprint density at radius 2 is 1.95 bits per heavy atom. The predicted molar refractivity (Wildman–Crippen MR) is 143 cm³/mol. The van der Waals surface area contributed by atoms with Crippen molar-refractivity contribution in [2.75, 3.05) is 46.2 Å². The van der Waals surface area contributed by atoms with Gasteiger partial charge in [0.25, 0.3) is 0 Å². The number of ether oxygens (including phenoxy) is 1. The minimum atomic E-state index is -0.552. The van der Waals surface area contributed by atoms with Gasteiger partial charge in [0, 0.05) is 48.0 Å². The fourth-order valence-corrected chi connectivity index (χ4v) is 6.21. The van der Waals surface area contributed by atoms with E-state index < -0.39 is 11.6 Å². The molecule has 0 radical (unpaired) electrons. The Balaban J connectivity index is 1.34. The highest BCUT2D eigenvalue weighted by Gasteiger charge is 2.29. The lowest BCUT2D eigenvalue weighted by Crippen LogP contribution is -2.43. The third-order valence-corrected chi connectivity index (χ3v) is 8.12. The maximum Gasteiger partial charge on any atom is 0.127 e. The van der Waals surface area contributed by atoms with Crippen molar-refractivity contribution in [2.24, 2.45) is 11.8 Å². The van der Waals surface area contributed by atoms with E-state index in [-0.39, 0.29) is 18.6 Å². The number of benzene rings is 2. The number of fused-ring (bicyclic) bond motifs is 1. The molecular weight excluding hydrogens is 496 g/mol. The monoisotopic (exact) mass is 531 g/mol. The van der Waals surface area contributed by atoms with Crippen LogP contribution in [-0.4, -0.2) is 61.2 Å². The predicted octanol–water partition coefficient (Wildman–Crippen LogP) is 5.22. The topological polar surface area (TPSA) is 66.9 Å². The van der Waals surface area contributed by atoms with E-state index >= 15 is 0 Å². The number of hydroxylamine groups is 1. The zero-order valence-corrected chi connectivity index (χ0v) is 22.1. The van der Waals surface area contributed by atoms with Gasteiger partial charge in [-0.15, -0.1) is 11.8 Å². The highest BCUT2D eigenvalue weighted by molar-refractivity contribution is 7.99. The summed E-state index contributed by atoms with van der Waals surface area (Å²) < 4.78 is 32.3. The van der Waals surface area contributed by atoms with Gasteiger partial charge in [-0.25, -0.2) is 8.78 Å². The lowest BCUT2D eigenvalue weighted by molar-refractivity contribution is 0.0434. The summed E-state index contributed by atoms with van der Waals surface area (Å²) in [6.45, 7) is 2.71. The second-order valence-corrected chi connectivity index (χ2v) is 10.6.